The van der Waals surface area contributed by atoms with Gasteiger partial charge in [-0.1, -0.05) is 19.8 Å². The average molecular weight is 195 g/mol. The van der Waals surface area contributed by atoms with Crippen LogP contribution in [0, 0.1) is 0 Å². The van der Waals surface area contributed by atoms with Crippen LogP contribution in [0.1, 0.15) is 46.0 Å². The van der Waals surface area contributed by atoms with E-state index in [1.54, 1.807) is 0 Å². The Morgan fingerprint density at radius 3 is 2.29 bits per heavy atom. The standard InChI is InChI=1S/C10H24N2.Li.H2N/c1-3-8-12-9-6-4-5-7-10(2)11;;/h10,12H,3-9,11H2,1-2H3;;1H2/q;+1;-1. The number of nitrogens with two attached hydrogens (primary N) is 2. The molecule has 0 spiro atoms. The Morgan fingerprint density at radius 2 is 1.79 bits per heavy atom. The Kier molecular flexibility index (Phi) is 22.7. The zero-order valence-electron chi connectivity index (χ0n) is 10.2. The SMILES string of the molecule is CCCNCCCCCC(C)N.[Li+].[NH2-]. The quantitative estimate of drug-likeness (QED) is 0.409. The van der Waals surface area contributed by atoms with Crippen molar-refractivity contribution in [2.75, 3.05) is 13.1 Å². The smallest absolute Gasteiger partial charge is 0.693 e. The molecule has 0 radical (unpaired) electrons. The first-order valence-corrected chi connectivity index (χ1v) is 5.23. The molecular weight excluding hydrogens is 169 g/mol. The topological polar surface area (TPSA) is 71.5 Å². The Labute approximate surface area is 101 Å². The third-order valence-corrected chi connectivity index (χ3v) is 1.94. The molecule has 0 aliphatic heterocycles. The Bertz CT molecular complexity index is 89.4. The molecule has 5 N–H and O–H groups in total. The number of hydrogen-bond acceptors (Lipinski definition) is 2. The van der Waals surface area contributed by atoms with Gasteiger partial charge in [-0.25, -0.2) is 0 Å². The van der Waals surface area contributed by atoms with E-state index in [1.165, 1.54) is 38.6 Å². The molecule has 0 aliphatic carbocycles. The van der Waals surface area contributed by atoms with E-state index < -0.39 is 0 Å². The molecule has 1 atom stereocenters. The van der Waals surface area contributed by atoms with Gasteiger partial charge in [-0.3, -0.25) is 0 Å². The van der Waals surface area contributed by atoms with Crippen LogP contribution in [0.3, 0.4) is 0 Å². The van der Waals surface area contributed by atoms with Gasteiger partial charge in [0, 0.05) is 6.04 Å². The van der Waals surface area contributed by atoms with Crippen LogP contribution < -0.4 is 29.9 Å². The second-order valence-electron chi connectivity index (χ2n) is 3.58. The summed E-state index contributed by atoms with van der Waals surface area (Å²) in [5.41, 5.74) is 5.64. The van der Waals surface area contributed by atoms with Gasteiger partial charge in [0.1, 0.15) is 0 Å². The van der Waals surface area contributed by atoms with Crippen LogP contribution in [0.15, 0.2) is 0 Å². The van der Waals surface area contributed by atoms with Crippen LogP contribution >= 0.6 is 0 Å². The summed E-state index contributed by atoms with van der Waals surface area (Å²) in [5, 5.41) is 3.39. The third-order valence-electron chi connectivity index (χ3n) is 1.94. The zero-order chi connectivity index (χ0) is 9.23. The first kappa shape index (κ1) is 20.0. The Morgan fingerprint density at radius 1 is 1.14 bits per heavy atom. The van der Waals surface area contributed by atoms with E-state index >= 15 is 0 Å². The van der Waals surface area contributed by atoms with Crippen molar-refractivity contribution in [1.82, 2.24) is 5.32 Å². The Hall–Kier alpha value is 0.477. The molecule has 0 saturated heterocycles. The first-order chi connectivity index (χ1) is 5.77. The monoisotopic (exact) mass is 195 g/mol. The molecule has 14 heavy (non-hydrogen) atoms. The van der Waals surface area contributed by atoms with E-state index in [1.807, 2.05) is 0 Å². The van der Waals surface area contributed by atoms with Crippen LogP contribution in [0.4, 0.5) is 0 Å². The van der Waals surface area contributed by atoms with Gasteiger partial charge < -0.3 is 17.2 Å². The normalized spacial score (nSPS) is 11.4. The maximum Gasteiger partial charge on any atom is 1.00 e. The van der Waals surface area contributed by atoms with Crippen molar-refractivity contribution in [2.24, 2.45) is 5.73 Å². The fraction of sp³-hybridized carbons (Fsp3) is 1.00. The van der Waals surface area contributed by atoms with Crippen molar-refractivity contribution in [3.8, 4) is 0 Å². The van der Waals surface area contributed by atoms with Crippen LogP contribution in [-0.2, 0) is 0 Å². The molecule has 0 aliphatic rings. The van der Waals surface area contributed by atoms with E-state index in [0.717, 1.165) is 6.54 Å². The van der Waals surface area contributed by atoms with Crippen LogP contribution in [0.25, 0.3) is 6.15 Å². The number of nitrogens with one attached hydrogen (secondary N) is 1. The molecular formula is C10H26LiN3. The van der Waals surface area contributed by atoms with Crippen LogP contribution in [0.5, 0.6) is 0 Å². The maximum atomic E-state index is 5.64. The molecule has 3 nitrogen and oxygen atoms in total. The fourth-order valence-electron chi connectivity index (χ4n) is 1.19. The predicted octanol–water partition coefficient (Wildman–Crippen LogP) is -0.385. The molecule has 0 amide bonds. The van der Waals surface area contributed by atoms with Gasteiger partial charge in [-0.15, -0.1) is 0 Å². The van der Waals surface area contributed by atoms with E-state index in [9.17, 15) is 0 Å². The largest absolute Gasteiger partial charge is 1.00 e. The summed E-state index contributed by atoms with van der Waals surface area (Å²) >= 11 is 0. The molecule has 0 aromatic rings. The fourth-order valence-corrected chi connectivity index (χ4v) is 1.19. The zero-order valence-corrected chi connectivity index (χ0v) is 10.2. The number of hydrogen-bond donors (Lipinski definition) is 2. The summed E-state index contributed by atoms with van der Waals surface area (Å²) in [6, 6.07) is 0.383. The summed E-state index contributed by atoms with van der Waals surface area (Å²) in [5.74, 6) is 0. The van der Waals surface area contributed by atoms with Crippen molar-refractivity contribution in [3.05, 3.63) is 6.15 Å². The van der Waals surface area contributed by atoms with Gasteiger partial charge in [-0.05, 0) is 39.3 Å². The maximum absolute atomic E-state index is 5.64. The minimum atomic E-state index is 0. The summed E-state index contributed by atoms with van der Waals surface area (Å²) < 4.78 is 0. The number of rotatable bonds is 8. The predicted molar refractivity (Wildman–Crippen MR) is 60.6 cm³/mol. The molecule has 82 valence electrons. The molecule has 0 saturated carbocycles. The average Bonchev–Trinajstić information content (AvgIpc) is 2.02. The van der Waals surface area contributed by atoms with E-state index in [2.05, 4.69) is 19.2 Å². The molecule has 0 bridgehead atoms. The first-order valence-electron chi connectivity index (χ1n) is 5.23. The van der Waals surface area contributed by atoms with Gasteiger partial charge >= 0.3 is 18.9 Å². The molecule has 0 aromatic heterocycles. The minimum Gasteiger partial charge on any atom is -0.693 e. The summed E-state index contributed by atoms with van der Waals surface area (Å²) in [4.78, 5) is 0. The van der Waals surface area contributed by atoms with Crippen molar-refractivity contribution in [2.45, 2.75) is 52.0 Å². The molecule has 0 rings (SSSR count). The van der Waals surface area contributed by atoms with Gasteiger partial charge in [0.15, 0.2) is 0 Å². The second-order valence-corrected chi connectivity index (χ2v) is 3.58. The van der Waals surface area contributed by atoms with Gasteiger partial charge in [0.25, 0.3) is 0 Å². The molecule has 4 heteroatoms. The van der Waals surface area contributed by atoms with Crippen LogP contribution in [-0.4, -0.2) is 19.1 Å². The van der Waals surface area contributed by atoms with Gasteiger partial charge in [-0.2, -0.15) is 0 Å². The minimum absolute atomic E-state index is 0. The summed E-state index contributed by atoms with van der Waals surface area (Å²) in [6.45, 7) is 6.61. The van der Waals surface area contributed by atoms with E-state index in [0.29, 0.717) is 6.04 Å². The third kappa shape index (κ3) is 18.3. The van der Waals surface area contributed by atoms with Crippen molar-refractivity contribution >= 4 is 0 Å². The number of unbranched alkanes of at least 4 members (excludes halogenated alkanes) is 2. The summed E-state index contributed by atoms with van der Waals surface area (Å²) in [7, 11) is 0. The molecule has 0 aromatic carbocycles. The van der Waals surface area contributed by atoms with Crippen molar-refractivity contribution < 1.29 is 18.9 Å². The molecule has 0 fully saturated rings. The summed E-state index contributed by atoms with van der Waals surface area (Å²) in [6.07, 6.45) is 6.31. The van der Waals surface area contributed by atoms with Gasteiger partial charge in [0.2, 0.25) is 0 Å². The van der Waals surface area contributed by atoms with Crippen molar-refractivity contribution in [3.63, 3.8) is 0 Å². The second kappa shape index (κ2) is 15.9. The Balaban J connectivity index is -0.000000605. The van der Waals surface area contributed by atoms with Gasteiger partial charge in [0.05, 0.1) is 0 Å². The van der Waals surface area contributed by atoms with E-state index in [-0.39, 0.29) is 25.0 Å². The molecule has 1 unspecified atom stereocenters. The van der Waals surface area contributed by atoms with Crippen molar-refractivity contribution in [1.29, 1.82) is 0 Å². The molecule has 0 heterocycles. The van der Waals surface area contributed by atoms with Crippen LogP contribution in [0.2, 0.25) is 0 Å². The van der Waals surface area contributed by atoms with E-state index in [4.69, 9.17) is 5.73 Å².